The molecule has 0 fully saturated rings. The van der Waals surface area contributed by atoms with E-state index in [1.54, 1.807) is 19.9 Å². The van der Waals surface area contributed by atoms with Gasteiger partial charge < -0.3 is 35.3 Å². The number of aliphatic hydroxyl groups excluding tert-OH is 1. The molecule has 0 aromatic heterocycles. The molecule has 1 aromatic rings. The van der Waals surface area contributed by atoms with Gasteiger partial charge in [-0.1, -0.05) is 6.07 Å². The van der Waals surface area contributed by atoms with Gasteiger partial charge in [0.15, 0.2) is 0 Å². The average Bonchev–Trinajstić information content (AvgIpc) is 2.68. The highest BCUT2D eigenvalue weighted by atomic mass is 16.5. The molecule has 0 aliphatic rings. The van der Waals surface area contributed by atoms with E-state index >= 15 is 0 Å². The average molecular weight is 413 g/mol. The zero-order valence-corrected chi connectivity index (χ0v) is 16.9. The summed E-state index contributed by atoms with van der Waals surface area (Å²) in [5.74, 6) is -1.02. The van der Waals surface area contributed by atoms with Crippen molar-refractivity contribution in [2.24, 2.45) is 11.7 Å². The van der Waals surface area contributed by atoms with Gasteiger partial charge in [0.1, 0.15) is 23.8 Å². The molecule has 0 aliphatic carbocycles. The van der Waals surface area contributed by atoms with Crippen LogP contribution in [0, 0.1) is 5.92 Å². The molecular formula is C20H31NO8. The molecule has 29 heavy (non-hydrogen) atoms. The van der Waals surface area contributed by atoms with Gasteiger partial charge in [-0.3, -0.25) is 9.59 Å². The van der Waals surface area contributed by atoms with E-state index in [4.69, 9.17) is 15.9 Å². The van der Waals surface area contributed by atoms with Crippen LogP contribution in [-0.4, -0.2) is 59.4 Å². The highest BCUT2D eigenvalue weighted by Crippen LogP contribution is 2.25. The first kappa shape index (κ1) is 26.4. The Morgan fingerprint density at radius 2 is 1.83 bits per heavy atom. The Balaban J connectivity index is 0.000000543. The molecule has 2 unspecified atom stereocenters. The van der Waals surface area contributed by atoms with Crippen molar-refractivity contribution in [2.75, 3.05) is 19.8 Å². The van der Waals surface area contributed by atoms with Crippen molar-refractivity contribution in [3.8, 4) is 11.5 Å². The number of rotatable bonds is 11. The second-order valence-electron chi connectivity index (χ2n) is 6.17. The van der Waals surface area contributed by atoms with E-state index in [0.29, 0.717) is 25.2 Å². The summed E-state index contributed by atoms with van der Waals surface area (Å²) in [4.78, 5) is 32.2. The van der Waals surface area contributed by atoms with Crippen LogP contribution in [0.3, 0.4) is 0 Å². The number of phenols is 2. The van der Waals surface area contributed by atoms with Gasteiger partial charge in [-0.25, -0.2) is 0 Å². The van der Waals surface area contributed by atoms with Gasteiger partial charge in [-0.05, 0) is 44.2 Å². The number of carbonyl (C=O) groups excluding carboxylic acids is 3. The first-order valence-electron chi connectivity index (χ1n) is 9.42. The Morgan fingerprint density at radius 3 is 2.34 bits per heavy atom. The summed E-state index contributed by atoms with van der Waals surface area (Å²) >= 11 is 0. The summed E-state index contributed by atoms with van der Waals surface area (Å²) in [7, 11) is 0. The van der Waals surface area contributed by atoms with Crippen molar-refractivity contribution in [2.45, 2.75) is 45.6 Å². The molecule has 0 heterocycles. The van der Waals surface area contributed by atoms with Crippen LogP contribution in [0.2, 0.25) is 0 Å². The molecule has 9 heteroatoms. The first-order valence-corrected chi connectivity index (χ1v) is 9.42. The number of nitrogens with two attached hydrogens (primary N) is 1. The van der Waals surface area contributed by atoms with Crippen molar-refractivity contribution < 1.29 is 39.2 Å². The highest BCUT2D eigenvalue weighted by molar-refractivity contribution is 5.77. The number of hydrogen-bond acceptors (Lipinski definition) is 9. The minimum atomic E-state index is -0.737. The van der Waals surface area contributed by atoms with Crippen molar-refractivity contribution >= 4 is 18.2 Å². The quantitative estimate of drug-likeness (QED) is 0.307. The topological polar surface area (TPSA) is 156 Å². The predicted molar refractivity (Wildman–Crippen MR) is 105 cm³/mol. The zero-order chi connectivity index (χ0) is 22.2. The van der Waals surface area contributed by atoms with Gasteiger partial charge in [-0.2, -0.15) is 0 Å². The highest BCUT2D eigenvalue weighted by Gasteiger charge is 2.16. The number of phenolic OH excluding ortho intramolecular Hbond substituents is 2. The van der Waals surface area contributed by atoms with Gasteiger partial charge in [0.05, 0.1) is 13.2 Å². The molecule has 2 atom stereocenters. The van der Waals surface area contributed by atoms with Gasteiger partial charge >= 0.3 is 11.9 Å². The lowest BCUT2D eigenvalue weighted by Crippen LogP contribution is -2.32. The van der Waals surface area contributed by atoms with Crippen molar-refractivity contribution in [1.82, 2.24) is 0 Å². The van der Waals surface area contributed by atoms with Gasteiger partial charge in [-0.15, -0.1) is 0 Å². The second-order valence-corrected chi connectivity index (χ2v) is 6.17. The fraction of sp³-hybridized carbons (Fsp3) is 0.550. The lowest BCUT2D eigenvalue weighted by atomic mass is 9.97. The molecule has 0 amide bonds. The van der Waals surface area contributed by atoms with E-state index in [2.05, 4.69) is 9.47 Å². The molecular weight excluding hydrogens is 382 g/mol. The van der Waals surface area contributed by atoms with E-state index in [-0.39, 0.29) is 49.3 Å². The van der Waals surface area contributed by atoms with Crippen molar-refractivity contribution in [3.63, 3.8) is 0 Å². The van der Waals surface area contributed by atoms with E-state index < -0.39 is 12.0 Å². The number of aliphatic hydroxyl groups is 1. The van der Waals surface area contributed by atoms with E-state index in [1.165, 1.54) is 12.1 Å². The third kappa shape index (κ3) is 11.7. The lowest BCUT2D eigenvalue weighted by Gasteiger charge is -2.11. The van der Waals surface area contributed by atoms with Crippen LogP contribution >= 0.6 is 0 Å². The number of esters is 2. The largest absolute Gasteiger partial charge is 0.508 e. The fourth-order valence-electron chi connectivity index (χ4n) is 2.27. The van der Waals surface area contributed by atoms with E-state index in [0.717, 1.165) is 6.29 Å². The molecule has 0 aliphatic heterocycles. The monoisotopic (exact) mass is 413 g/mol. The van der Waals surface area contributed by atoms with Crippen LogP contribution in [0.5, 0.6) is 11.5 Å². The van der Waals surface area contributed by atoms with Crippen LogP contribution in [0.1, 0.15) is 38.7 Å². The third-order valence-electron chi connectivity index (χ3n) is 3.82. The molecule has 0 bridgehead atoms. The number of aldehydes is 1. The SMILES string of the molecule is CCOC(=O)CCC(N)C(=O)OCC.O=CCC(CO)Cc1ccc(O)cc1O. The Kier molecular flexibility index (Phi) is 13.9. The molecule has 5 N–H and O–H groups in total. The van der Waals surface area contributed by atoms with Crippen LogP contribution in [0.15, 0.2) is 18.2 Å². The summed E-state index contributed by atoms with van der Waals surface area (Å²) in [6, 6.07) is 3.55. The standard InChI is InChI=1S/C11H14O4.C9H17NO4/c12-4-3-8(7-13)5-9-1-2-10(14)6-11(9)15;1-3-13-8(11)6-5-7(10)9(12)14-4-2/h1-2,4,6,8,13-15H,3,5,7H2;7H,3-6,10H2,1-2H3. The molecule has 0 saturated carbocycles. The van der Waals surface area contributed by atoms with Crippen molar-refractivity contribution in [1.29, 1.82) is 0 Å². The van der Waals surface area contributed by atoms with Gasteiger partial charge in [0.25, 0.3) is 0 Å². The van der Waals surface area contributed by atoms with Crippen LogP contribution in [0.4, 0.5) is 0 Å². The Labute approximate surface area is 170 Å². The maximum absolute atomic E-state index is 11.0. The number of ether oxygens (including phenoxy) is 2. The van der Waals surface area contributed by atoms with Gasteiger partial charge in [0, 0.05) is 25.5 Å². The normalized spacial score (nSPS) is 12.1. The Bertz CT molecular complexity index is 635. The molecule has 9 nitrogen and oxygen atoms in total. The molecule has 0 spiro atoms. The number of carbonyl (C=O) groups is 3. The fourth-order valence-corrected chi connectivity index (χ4v) is 2.27. The maximum atomic E-state index is 11.0. The zero-order valence-electron chi connectivity index (χ0n) is 16.9. The van der Waals surface area contributed by atoms with Gasteiger partial charge in [0.2, 0.25) is 0 Å². The lowest BCUT2D eigenvalue weighted by molar-refractivity contribution is -0.146. The maximum Gasteiger partial charge on any atom is 0.322 e. The van der Waals surface area contributed by atoms with E-state index in [9.17, 15) is 19.5 Å². The number of aromatic hydroxyl groups is 2. The molecule has 1 rings (SSSR count). The third-order valence-corrected chi connectivity index (χ3v) is 3.82. The van der Waals surface area contributed by atoms with Crippen LogP contribution < -0.4 is 5.73 Å². The van der Waals surface area contributed by atoms with Crippen LogP contribution in [-0.2, 0) is 30.3 Å². The van der Waals surface area contributed by atoms with E-state index in [1.807, 2.05) is 0 Å². The summed E-state index contributed by atoms with van der Waals surface area (Å²) in [6.45, 7) is 3.97. The summed E-state index contributed by atoms with van der Waals surface area (Å²) < 4.78 is 9.37. The number of hydrogen-bond donors (Lipinski definition) is 4. The second kappa shape index (κ2) is 15.3. The summed E-state index contributed by atoms with van der Waals surface area (Å²) in [5, 5.41) is 27.5. The molecule has 0 saturated heterocycles. The van der Waals surface area contributed by atoms with Crippen LogP contribution in [0.25, 0.3) is 0 Å². The first-order chi connectivity index (χ1) is 13.8. The smallest absolute Gasteiger partial charge is 0.322 e. The predicted octanol–water partition coefficient (Wildman–Crippen LogP) is 1.06. The molecule has 164 valence electrons. The minimum absolute atomic E-state index is 0.00724. The summed E-state index contributed by atoms with van der Waals surface area (Å²) in [5.41, 5.74) is 6.08. The van der Waals surface area contributed by atoms with Crippen molar-refractivity contribution in [3.05, 3.63) is 23.8 Å². The minimum Gasteiger partial charge on any atom is -0.508 e. The number of benzene rings is 1. The Morgan fingerprint density at radius 1 is 1.17 bits per heavy atom. The summed E-state index contributed by atoms with van der Waals surface area (Å²) in [6.07, 6.45) is 1.84. The molecule has 0 radical (unpaired) electrons. The molecule has 1 aromatic carbocycles. The Hall–Kier alpha value is -2.65.